The SMILES string of the molecule is N#Cc1ccc(NC(c2cccs2)C2CC2)cc1Cl. The van der Waals surface area contributed by atoms with Gasteiger partial charge in [-0.1, -0.05) is 17.7 Å². The first-order valence-electron chi connectivity index (χ1n) is 6.27. The van der Waals surface area contributed by atoms with Crippen LogP contribution >= 0.6 is 22.9 Å². The number of anilines is 1. The topological polar surface area (TPSA) is 35.8 Å². The number of thiophene rings is 1. The Balaban J connectivity index is 1.83. The number of halogens is 1. The molecule has 4 heteroatoms. The lowest BCUT2D eigenvalue weighted by atomic mass is 10.1. The fourth-order valence-corrected chi connectivity index (χ4v) is 3.29. The number of nitriles is 1. The van der Waals surface area contributed by atoms with E-state index in [0.717, 1.165) is 5.69 Å². The van der Waals surface area contributed by atoms with Gasteiger partial charge in [-0.05, 0) is 48.4 Å². The van der Waals surface area contributed by atoms with Crippen molar-refractivity contribution in [3.8, 4) is 6.07 Å². The van der Waals surface area contributed by atoms with Gasteiger partial charge in [-0.3, -0.25) is 0 Å². The van der Waals surface area contributed by atoms with E-state index >= 15 is 0 Å². The Labute approximate surface area is 121 Å². The van der Waals surface area contributed by atoms with Gasteiger partial charge in [-0.25, -0.2) is 0 Å². The molecule has 0 radical (unpaired) electrons. The first-order valence-corrected chi connectivity index (χ1v) is 7.53. The van der Waals surface area contributed by atoms with Gasteiger partial charge in [0.25, 0.3) is 0 Å². The molecule has 1 aliphatic carbocycles. The Morgan fingerprint density at radius 2 is 2.21 bits per heavy atom. The molecule has 2 aromatic rings. The quantitative estimate of drug-likeness (QED) is 0.874. The highest BCUT2D eigenvalue weighted by atomic mass is 35.5. The summed E-state index contributed by atoms with van der Waals surface area (Å²) in [5.41, 5.74) is 1.50. The molecular weight excluding hydrogens is 276 g/mol. The lowest BCUT2D eigenvalue weighted by molar-refractivity contribution is 0.691. The third kappa shape index (κ3) is 2.75. The highest BCUT2D eigenvalue weighted by Gasteiger charge is 2.32. The smallest absolute Gasteiger partial charge is 0.101 e. The zero-order valence-electron chi connectivity index (χ0n) is 10.3. The Hall–Kier alpha value is -1.50. The predicted molar refractivity (Wildman–Crippen MR) is 79.6 cm³/mol. The first-order chi connectivity index (χ1) is 9.28. The van der Waals surface area contributed by atoms with Gasteiger partial charge in [0.1, 0.15) is 6.07 Å². The molecule has 0 spiro atoms. The standard InChI is InChI=1S/C15H13ClN2S/c16-13-8-12(6-5-11(13)9-17)18-15(10-3-4-10)14-2-1-7-19-14/h1-2,5-8,10,15,18H,3-4H2. The fraction of sp³-hybridized carbons (Fsp3) is 0.267. The summed E-state index contributed by atoms with van der Waals surface area (Å²) in [7, 11) is 0. The van der Waals surface area contributed by atoms with E-state index in [2.05, 4.69) is 28.9 Å². The maximum absolute atomic E-state index is 8.89. The second-order valence-electron chi connectivity index (χ2n) is 4.78. The van der Waals surface area contributed by atoms with E-state index in [1.165, 1.54) is 17.7 Å². The van der Waals surface area contributed by atoms with Gasteiger partial charge in [0, 0.05) is 10.6 Å². The van der Waals surface area contributed by atoms with Crippen molar-refractivity contribution in [3.63, 3.8) is 0 Å². The highest BCUT2D eigenvalue weighted by molar-refractivity contribution is 7.10. The Bertz CT molecular complexity index is 612. The Kier molecular flexibility index (Phi) is 3.46. The fourth-order valence-electron chi connectivity index (χ4n) is 2.19. The van der Waals surface area contributed by atoms with Gasteiger partial charge < -0.3 is 5.32 Å². The first kappa shape index (κ1) is 12.5. The summed E-state index contributed by atoms with van der Waals surface area (Å²) in [6.45, 7) is 0. The molecule has 0 aliphatic heterocycles. The largest absolute Gasteiger partial charge is 0.377 e. The summed E-state index contributed by atoms with van der Waals surface area (Å²) in [4.78, 5) is 1.36. The molecule has 1 atom stereocenters. The summed E-state index contributed by atoms with van der Waals surface area (Å²) < 4.78 is 0. The van der Waals surface area contributed by atoms with Gasteiger partial charge in [-0.15, -0.1) is 11.3 Å². The zero-order chi connectivity index (χ0) is 13.2. The van der Waals surface area contributed by atoms with Gasteiger partial charge in [-0.2, -0.15) is 5.26 Å². The normalized spacial score (nSPS) is 15.8. The van der Waals surface area contributed by atoms with Crippen molar-refractivity contribution in [2.75, 3.05) is 5.32 Å². The molecule has 1 heterocycles. The minimum Gasteiger partial charge on any atom is -0.377 e. The Morgan fingerprint density at radius 3 is 2.79 bits per heavy atom. The van der Waals surface area contributed by atoms with Crippen LogP contribution in [0.4, 0.5) is 5.69 Å². The van der Waals surface area contributed by atoms with Gasteiger partial charge >= 0.3 is 0 Å². The molecule has 1 saturated carbocycles. The van der Waals surface area contributed by atoms with Crippen molar-refractivity contribution in [3.05, 3.63) is 51.2 Å². The van der Waals surface area contributed by atoms with Gasteiger partial charge in [0.15, 0.2) is 0 Å². The molecule has 0 saturated heterocycles. The predicted octanol–water partition coefficient (Wildman–Crippen LogP) is 4.84. The molecule has 1 aliphatic rings. The average molecular weight is 289 g/mol. The summed E-state index contributed by atoms with van der Waals surface area (Å²) in [5.74, 6) is 0.716. The second kappa shape index (κ2) is 5.24. The van der Waals surface area contributed by atoms with Crippen LogP contribution in [-0.2, 0) is 0 Å². The van der Waals surface area contributed by atoms with Crippen LogP contribution in [0, 0.1) is 17.2 Å². The van der Waals surface area contributed by atoms with E-state index in [1.54, 1.807) is 17.4 Å². The lowest BCUT2D eigenvalue weighted by Gasteiger charge is -2.18. The molecule has 1 N–H and O–H groups in total. The zero-order valence-corrected chi connectivity index (χ0v) is 11.8. The van der Waals surface area contributed by atoms with Crippen LogP contribution < -0.4 is 5.32 Å². The number of nitrogens with zero attached hydrogens (tertiary/aromatic N) is 1. The molecule has 1 unspecified atom stereocenters. The minimum absolute atomic E-state index is 0.365. The molecule has 3 rings (SSSR count). The van der Waals surface area contributed by atoms with Crippen molar-refractivity contribution in [2.24, 2.45) is 5.92 Å². The number of hydrogen-bond donors (Lipinski definition) is 1. The number of benzene rings is 1. The van der Waals surface area contributed by atoms with E-state index in [-0.39, 0.29) is 0 Å². The van der Waals surface area contributed by atoms with Crippen LogP contribution in [0.25, 0.3) is 0 Å². The van der Waals surface area contributed by atoms with E-state index in [0.29, 0.717) is 22.5 Å². The highest BCUT2D eigenvalue weighted by Crippen LogP contribution is 2.44. The van der Waals surface area contributed by atoms with Gasteiger partial charge in [0.2, 0.25) is 0 Å². The van der Waals surface area contributed by atoms with E-state index in [4.69, 9.17) is 16.9 Å². The van der Waals surface area contributed by atoms with Crippen LogP contribution in [-0.4, -0.2) is 0 Å². The van der Waals surface area contributed by atoms with Crippen molar-refractivity contribution in [1.29, 1.82) is 5.26 Å². The van der Waals surface area contributed by atoms with E-state index in [9.17, 15) is 0 Å². The maximum atomic E-state index is 8.89. The summed E-state index contributed by atoms with van der Waals surface area (Å²) in [5, 5.41) is 15.1. The molecule has 2 nitrogen and oxygen atoms in total. The molecule has 1 aromatic carbocycles. The van der Waals surface area contributed by atoms with Crippen molar-refractivity contribution in [1.82, 2.24) is 0 Å². The maximum Gasteiger partial charge on any atom is 0.101 e. The lowest BCUT2D eigenvalue weighted by Crippen LogP contribution is -2.11. The van der Waals surface area contributed by atoms with Crippen LogP contribution in [0.1, 0.15) is 29.3 Å². The minimum atomic E-state index is 0.365. The molecule has 19 heavy (non-hydrogen) atoms. The molecule has 0 amide bonds. The summed E-state index contributed by atoms with van der Waals surface area (Å²) >= 11 is 7.86. The molecule has 1 fully saturated rings. The Morgan fingerprint density at radius 1 is 1.37 bits per heavy atom. The summed E-state index contributed by atoms with van der Waals surface area (Å²) in [6, 6.07) is 12.2. The molecule has 96 valence electrons. The monoisotopic (exact) mass is 288 g/mol. The second-order valence-corrected chi connectivity index (χ2v) is 6.17. The van der Waals surface area contributed by atoms with Crippen molar-refractivity contribution >= 4 is 28.6 Å². The number of hydrogen-bond acceptors (Lipinski definition) is 3. The molecular formula is C15H13ClN2S. The molecule has 1 aromatic heterocycles. The number of rotatable bonds is 4. The third-order valence-corrected chi connectivity index (χ3v) is 4.62. The van der Waals surface area contributed by atoms with Crippen LogP contribution in [0.5, 0.6) is 0 Å². The van der Waals surface area contributed by atoms with E-state index in [1.807, 2.05) is 12.1 Å². The average Bonchev–Trinajstić information content (AvgIpc) is 3.11. The van der Waals surface area contributed by atoms with Crippen LogP contribution in [0.2, 0.25) is 5.02 Å². The van der Waals surface area contributed by atoms with Gasteiger partial charge in [0.05, 0.1) is 16.6 Å². The third-order valence-electron chi connectivity index (χ3n) is 3.35. The van der Waals surface area contributed by atoms with Crippen LogP contribution in [0.15, 0.2) is 35.7 Å². The summed E-state index contributed by atoms with van der Waals surface area (Å²) in [6.07, 6.45) is 2.55. The van der Waals surface area contributed by atoms with E-state index < -0.39 is 0 Å². The van der Waals surface area contributed by atoms with Crippen molar-refractivity contribution in [2.45, 2.75) is 18.9 Å². The van der Waals surface area contributed by atoms with Crippen LogP contribution in [0.3, 0.4) is 0 Å². The number of nitrogens with one attached hydrogen (secondary N) is 1. The molecule has 0 bridgehead atoms. The van der Waals surface area contributed by atoms with Crippen molar-refractivity contribution < 1.29 is 0 Å².